The predicted molar refractivity (Wildman–Crippen MR) is 124 cm³/mol. The first-order chi connectivity index (χ1) is 16.1. The Labute approximate surface area is 189 Å². The highest BCUT2D eigenvalue weighted by molar-refractivity contribution is 6.08. The van der Waals surface area contributed by atoms with Gasteiger partial charge in [0.1, 0.15) is 11.1 Å². The summed E-state index contributed by atoms with van der Waals surface area (Å²) in [6.45, 7) is 3.02. The van der Waals surface area contributed by atoms with Crippen LogP contribution in [0.15, 0.2) is 56.3 Å². The summed E-state index contributed by atoms with van der Waals surface area (Å²) in [7, 11) is 2.91. The molecule has 0 spiro atoms. The number of benzene rings is 2. The number of hydrogen-bond donors (Lipinski definition) is 1. The van der Waals surface area contributed by atoms with Crippen molar-refractivity contribution < 1.29 is 23.1 Å². The molecule has 2 aromatic heterocycles. The van der Waals surface area contributed by atoms with E-state index in [2.05, 4.69) is 10.2 Å². The minimum atomic E-state index is -0.534. The van der Waals surface area contributed by atoms with Gasteiger partial charge in [-0.05, 0) is 49.7 Å². The number of carbonyl (C=O) groups excluding carboxylic acids is 1. The van der Waals surface area contributed by atoms with E-state index in [1.54, 1.807) is 12.1 Å². The minimum Gasteiger partial charge on any atom is -0.495 e. The number of hydrogen-bond acceptors (Lipinski definition) is 7. The number of carbonyl (C=O) groups is 1. The van der Waals surface area contributed by atoms with Crippen LogP contribution in [0.1, 0.15) is 29.0 Å². The smallest absolute Gasteiger partial charge is 0.291 e. The van der Waals surface area contributed by atoms with Crippen LogP contribution in [-0.4, -0.2) is 38.1 Å². The molecule has 4 aromatic rings. The van der Waals surface area contributed by atoms with Gasteiger partial charge in [-0.2, -0.15) is 0 Å². The number of anilines is 1. The summed E-state index contributed by atoms with van der Waals surface area (Å²) in [5, 5.41) is 3.60. The zero-order valence-electron chi connectivity index (χ0n) is 18.5. The lowest BCUT2D eigenvalue weighted by Gasteiger charge is -2.15. The van der Waals surface area contributed by atoms with Crippen LogP contribution in [0, 0.1) is 0 Å². The average Bonchev–Trinajstić information content (AvgIpc) is 3.50. The van der Waals surface area contributed by atoms with Crippen LogP contribution in [0.4, 0.5) is 5.69 Å². The number of rotatable bonds is 6. The van der Waals surface area contributed by atoms with Gasteiger partial charge < -0.3 is 23.6 Å². The number of fused-ring (bicyclic) bond motifs is 2. The molecule has 5 rings (SSSR count). The molecule has 1 aliphatic heterocycles. The Hall–Kier alpha value is -3.78. The van der Waals surface area contributed by atoms with Crippen molar-refractivity contribution in [3.8, 4) is 11.5 Å². The summed E-state index contributed by atoms with van der Waals surface area (Å²) < 4.78 is 22.3. The van der Waals surface area contributed by atoms with E-state index in [-0.39, 0.29) is 22.5 Å². The van der Waals surface area contributed by atoms with Crippen molar-refractivity contribution in [1.29, 1.82) is 0 Å². The number of ether oxygens (including phenoxy) is 2. The molecule has 33 heavy (non-hydrogen) atoms. The van der Waals surface area contributed by atoms with Gasteiger partial charge in [-0.15, -0.1) is 0 Å². The number of nitrogens with one attached hydrogen (secondary N) is 1. The molecule has 0 radical (unpaired) electrons. The lowest BCUT2D eigenvalue weighted by molar-refractivity contribution is 0.0997. The van der Waals surface area contributed by atoms with E-state index in [0.717, 1.165) is 25.2 Å². The van der Waals surface area contributed by atoms with Crippen LogP contribution in [0.3, 0.4) is 0 Å². The van der Waals surface area contributed by atoms with Crippen LogP contribution in [0.25, 0.3) is 21.9 Å². The maximum absolute atomic E-state index is 13.0. The second-order valence-corrected chi connectivity index (χ2v) is 8.05. The first-order valence-corrected chi connectivity index (χ1v) is 10.8. The Morgan fingerprint density at radius 2 is 1.85 bits per heavy atom. The highest BCUT2D eigenvalue weighted by Crippen LogP contribution is 2.42. The van der Waals surface area contributed by atoms with Crippen LogP contribution in [0.2, 0.25) is 0 Å². The van der Waals surface area contributed by atoms with Gasteiger partial charge in [-0.3, -0.25) is 14.5 Å². The van der Waals surface area contributed by atoms with Gasteiger partial charge in [0.2, 0.25) is 5.75 Å². The highest BCUT2D eigenvalue weighted by Gasteiger charge is 2.24. The standard InChI is InChI=1S/C25H24N2O6/c1-30-21-17-8-11-32-22(17)24(31-2)23-20(21)18(28)13-19(33-23)25(29)26-16-7-5-6-15(12-16)14-27-9-3-4-10-27/h5-8,11-13H,3-4,9-10,14H2,1-2H3,(H,26,29). The molecule has 1 aliphatic rings. The Morgan fingerprint density at radius 3 is 2.61 bits per heavy atom. The molecule has 1 saturated heterocycles. The molecule has 1 amide bonds. The second kappa shape index (κ2) is 8.63. The average molecular weight is 448 g/mol. The lowest BCUT2D eigenvalue weighted by atomic mass is 10.1. The summed E-state index contributed by atoms with van der Waals surface area (Å²) in [6.07, 6.45) is 3.91. The molecule has 0 unspecified atom stereocenters. The molecule has 1 N–H and O–H groups in total. The number of methoxy groups -OCH3 is 2. The first-order valence-electron chi connectivity index (χ1n) is 10.8. The Morgan fingerprint density at radius 1 is 1.06 bits per heavy atom. The fourth-order valence-electron chi connectivity index (χ4n) is 4.42. The Balaban J connectivity index is 1.51. The van der Waals surface area contributed by atoms with E-state index in [4.69, 9.17) is 18.3 Å². The first kappa shape index (κ1) is 21.1. The van der Waals surface area contributed by atoms with Crippen LogP contribution < -0.4 is 20.2 Å². The molecular weight excluding hydrogens is 424 g/mol. The largest absolute Gasteiger partial charge is 0.495 e. The van der Waals surface area contributed by atoms with E-state index < -0.39 is 11.3 Å². The van der Waals surface area contributed by atoms with Gasteiger partial charge in [-0.25, -0.2) is 0 Å². The second-order valence-electron chi connectivity index (χ2n) is 8.05. The van der Waals surface area contributed by atoms with E-state index in [1.165, 1.54) is 39.4 Å². The van der Waals surface area contributed by atoms with Crippen molar-refractivity contribution >= 4 is 33.5 Å². The van der Waals surface area contributed by atoms with E-state index in [9.17, 15) is 9.59 Å². The monoisotopic (exact) mass is 448 g/mol. The van der Waals surface area contributed by atoms with Gasteiger partial charge in [0, 0.05) is 18.3 Å². The molecule has 0 saturated carbocycles. The van der Waals surface area contributed by atoms with Crippen molar-refractivity contribution in [3.63, 3.8) is 0 Å². The van der Waals surface area contributed by atoms with Crippen LogP contribution >= 0.6 is 0 Å². The fourth-order valence-corrected chi connectivity index (χ4v) is 4.42. The maximum atomic E-state index is 13.0. The zero-order chi connectivity index (χ0) is 22.9. The number of likely N-dealkylation sites (tertiary alicyclic amines) is 1. The fraction of sp³-hybridized carbons (Fsp3) is 0.280. The summed E-state index contributed by atoms with van der Waals surface area (Å²) >= 11 is 0. The molecule has 0 bridgehead atoms. The zero-order valence-corrected chi connectivity index (χ0v) is 18.5. The van der Waals surface area contributed by atoms with Crippen LogP contribution in [0.5, 0.6) is 11.5 Å². The minimum absolute atomic E-state index is 0.0947. The van der Waals surface area contributed by atoms with Gasteiger partial charge in [0.15, 0.2) is 22.4 Å². The molecule has 3 heterocycles. The van der Waals surface area contributed by atoms with E-state index in [0.29, 0.717) is 22.4 Å². The molecular formula is C25H24N2O6. The van der Waals surface area contributed by atoms with Crippen molar-refractivity contribution in [2.75, 3.05) is 32.6 Å². The van der Waals surface area contributed by atoms with Gasteiger partial charge >= 0.3 is 0 Å². The number of amides is 1. The van der Waals surface area contributed by atoms with Crippen molar-refractivity contribution in [1.82, 2.24) is 4.90 Å². The molecule has 8 heteroatoms. The third kappa shape index (κ3) is 3.82. The third-order valence-corrected chi connectivity index (χ3v) is 5.92. The van der Waals surface area contributed by atoms with Gasteiger partial charge in [0.05, 0.1) is 25.9 Å². The molecule has 1 fully saturated rings. The van der Waals surface area contributed by atoms with Gasteiger partial charge in [0.25, 0.3) is 5.91 Å². The topological polar surface area (TPSA) is 94.2 Å². The van der Waals surface area contributed by atoms with Crippen molar-refractivity contribution in [2.45, 2.75) is 19.4 Å². The molecule has 0 aliphatic carbocycles. The maximum Gasteiger partial charge on any atom is 0.291 e. The Kier molecular flexibility index (Phi) is 5.51. The van der Waals surface area contributed by atoms with Crippen LogP contribution in [-0.2, 0) is 6.54 Å². The van der Waals surface area contributed by atoms with Gasteiger partial charge in [-0.1, -0.05) is 12.1 Å². The summed E-state index contributed by atoms with van der Waals surface area (Å²) in [5.74, 6) is -0.133. The van der Waals surface area contributed by atoms with E-state index in [1.807, 2.05) is 18.2 Å². The molecule has 0 atom stereocenters. The quantitative estimate of drug-likeness (QED) is 0.467. The third-order valence-electron chi connectivity index (χ3n) is 5.92. The SMILES string of the molecule is COc1c2occc2c(OC)c2c(=O)cc(C(=O)Nc3cccc(CN4CCCC4)c3)oc12. The molecule has 8 nitrogen and oxygen atoms in total. The van der Waals surface area contributed by atoms with Crippen molar-refractivity contribution in [2.24, 2.45) is 0 Å². The molecule has 2 aromatic carbocycles. The molecule has 170 valence electrons. The normalized spacial score (nSPS) is 14.1. The summed E-state index contributed by atoms with van der Waals surface area (Å²) in [4.78, 5) is 28.4. The van der Waals surface area contributed by atoms with E-state index >= 15 is 0 Å². The van der Waals surface area contributed by atoms with Crippen molar-refractivity contribution in [3.05, 3.63) is 64.2 Å². The Bertz CT molecular complexity index is 1400. The predicted octanol–water partition coefficient (Wildman–Crippen LogP) is 4.40. The number of furan rings is 1. The summed E-state index contributed by atoms with van der Waals surface area (Å²) in [5.41, 5.74) is 1.79. The lowest BCUT2D eigenvalue weighted by Crippen LogP contribution is -2.19. The number of nitrogens with zero attached hydrogens (tertiary/aromatic N) is 1. The highest BCUT2D eigenvalue weighted by atomic mass is 16.5. The summed E-state index contributed by atoms with van der Waals surface area (Å²) in [6, 6.07) is 10.5.